The first kappa shape index (κ1) is 11.4. The summed E-state index contributed by atoms with van der Waals surface area (Å²) in [7, 11) is 0. The van der Waals surface area contributed by atoms with Gasteiger partial charge >= 0.3 is 0 Å². The predicted molar refractivity (Wildman–Crippen MR) is 73.7 cm³/mol. The van der Waals surface area contributed by atoms with Crippen molar-refractivity contribution in [3.8, 4) is 17.3 Å². The average Bonchev–Trinajstić information content (AvgIpc) is 2.86. The van der Waals surface area contributed by atoms with Crippen LogP contribution in [0.3, 0.4) is 0 Å². The number of nitrogens with one attached hydrogen (secondary N) is 1. The zero-order valence-electron chi connectivity index (χ0n) is 10.5. The number of benzene rings is 1. The Balaban J connectivity index is 2.20. The third-order valence-electron chi connectivity index (χ3n) is 3.39. The van der Waals surface area contributed by atoms with Crippen LogP contribution in [0.1, 0.15) is 17.0 Å². The van der Waals surface area contributed by atoms with Crippen molar-refractivity contribution in [2.45, 2.75) is 13.5 Å². The number of fused-ring (bicyclic) bond motifs is 1. The maximum Gasteiger partial charge on any atom is 0.132 e. The third-order valence-corrected chi connectivity index (χ3v) is 3.39. The van der Waals surface area contributed by atoms with E-state index >= 15 is 0 Å². The number of nitrogens with two attached hydrogens (primary N) is 1. The van der Waals surface area contributed by atoms with E-state index in [1.54, 1.807) is 6.07 Å². The highest BCUT2D eigenvalue weighted by Crippen LogP contribution is 2.31. The molecule has 0 radical (unpaired) electrons. The number of nitriles is 1. The van der Waals surface area contributed by atoms with Crippen molar-refractivity contribution in [2.75, 3.05) is 5.73 Å². The highest BCUT2D eigenvalue weighted by atomic mass is 15.1. The first-order valence-corrected chi connectivity index (χ1v) is 5.98. The van der Waals surface area contributed by atoms with Crippen LogP contribution in [0.4, 0.5) is 5.69 Å². The normalized spacial score (nSPS) is 12.6. The number of imidazole rings is 1. The van der Waals surface area contributed by atoms with Crippen LogP contribution in [0.5, 0.6) is 0 Å². The zero-order valence-corrected chi connectivity index (χ0v) is 10.5. The van der Waals surface area contributed by atoms with Crippen LogP contribution in [0, 0.1) is 18.3 Å². The number of nitrogens with zero attached hydrogens (tertiary/aromatic N) is 3. The molecule has 3 rings (SSSR count). The summed E-state index contributed by atoms with van der Waals surface area (Å²) in [4.78, 5) is 4.38. The molecule has 1 aromatic carbocycles. The molecule has 0 atom stereocenters. The summed E-state index contributed by atoms with van der Waals surface area (Å²) in [5.74, 6) is 0.943. The molecule has 2 aromatic rings. The number of rotatable bonds is 1. The van der Waals surface area contributed by atoms with Crippen molar-refractivity contribution in [3.63, 3.8) is 0 Å². The monoisotopic (exact) mass is 251 g/mol. The van der Waals surface area contributed by atoms with E-state index in [1.807, 2.05) is 36.2 Å². The second-order valence-corrected chi connectivity index (χ2v) is 4.44. The van der Waals surface area contributed by atoms with E-state index in [0.717, 1.165) is 22.6 Å². The van der Waals surface area contributed by atoms with E-state index in [9.17, 15) is 0 Å². The van der Waals surface area contributed by atoms with E-state index in [0.29, 0.717) is 17.8 Å². The van der Waals surface area contributed by atoms with Gasteiger partial charge in [0.2, 0.25) is 0 Å². The number of aromatic nitrogens is 2. The molecule has 19 heavy (non-hydrogen) atoms. The first-order valence-electron chi connectivity index (χ1n) is 5.98. The molecule has 0 saturated carbocycles. The Kier molecular flexibility index (Phi) is 2.50. The van der Waals surface area contributed by atoms with E-state index < -0.39 is 0 Å². The van der Waals surface area contributed by atoms with Crippen LogP contribution in [0.25, 0.3) is 17.5 Å². The van der Waals surface area contributed by atoms with Crippen molar-refractivity contribution >= 4 is 11.9 Å². The molecule has 0 spiro atoms. The molecule has 5 nitrogen and oxygen atoms in total. The second-order valence-electron chi connectivity index (χ2n) is 4.44. The van der Waals surface area contributed by atoms with Crippen molar-refractivity contribution in [3.05, 3.63) is 41.5 Å². The second kappa shape index (κ2) is 4.18. The van der Waals surface area contributed by atoms with Crippen molar-refractivity contribution in [2.24, 2.45) is 0 Å². The van der Waals surface area contributed by atoms with Gasteiger partial charge in [-0.2, -0.15) is 5.26 Å². The lowest BCUT2D eigenvalue weighted by Gasteiger charge is -2.14. The molecular weight excluding hydrogens is 238 g/mol. The Morgan fingerprint density at radius 3 is 3.11 bits per heavy atom. The molecule has 94 valence electrons. The molecule has 0 unspecified atom stereocenters. The minimum atomic E-state index is 0.608. The highest BCUT2D eigenvalue weighted by molar-refractivity contribution is 5.79. The molecule has 1 aromatic heterocycles. The fourth-order valence-electron chi connectivity index (χ4n) is 2.25. The molecular formula is C14H13N5. The number of hydrogen-bond acceptors (Lipinski definition) is 4. The lowest BCUT2D eigenvalue weighted by molar-refractivity contribution is 0.761. The number of hydrogen-bond donors (Lipinski definition) is 2. The minimum Gasteiger partial charge on any atom is -0.398 e. The van der Waals surface area contributed by atoms with Crippen LogP contribution < -0.4 is 11.1 Å². The number of nitrogen functional groups attached to an aromatic ring is 1. The van der Waals surface area contributed by atoms with Crippen molar-refractivity contribution < 1.29 is 0 Å². The van der Waals surface area contributed by atoms with E-state index in [-0.39, 0.29) is 0 Å². The minimum absolute atomic E-state index is 0.608. The Labute approximate surface area is 111 Å². The molecule has 0 amide bonds. The van der Waals surface area contributed by atoms with E-state index in [4.69, 9.17) is 11.0 Å². The van der Waals surface area contributed by atoms with Gasteiger partial charge in [0.05, 0.1) is 30.1 Å². The van der Waals surface area contributed by atoms with Gasteiger partial charge < -0.3 is 15.6 Å². The molecule has 5 heteroatoms. The van der Waals surface area contributed by atoms with Crippen LogP contribution >= 0.6 is 0 Å². The zero-order chi connectivity index (χ0) is 13.4. The Morgan fingerprint density at radius 1 is 1.47 bits per heavy atom. The smallest absolute Gasteiger partial charge is 0.132 e. The molecule has 1 aliphatic rings. The quantitative estimate of drug-likeness (QED) is 0.758. The van der Waals surface area contributed by atoms with Gasteiger partial charge in [-0.1, -0.05) is 0 Å². The van der Waals surface area contributed by atoms with Gasteiger partial charge in [-0.3, -0.25) is 0 Å². The summed E-state index contributed by atoms with van der Waals surface area (Å²) in [5, 5.41) is 12.1. The molecule has 2 heterocycles. The van der Waals surface area contributed by atoms with Gasteiger partial charge in [-0.15, -0.1) is 0 Å². The van der Waals surface area contributed by atoms with Gasteiger partial charge in [0.1, 0.15) is 5.82 Å². The van der Waals surface area contributed by atoms with Gasteiger partial charge in [0, 0.05) is 23.7 Å². The SMILES string of the molecule is Cc1c(C#N)ccc(-c2cnc3n2C=CNC3)c1N. The Bertz CT molecular complexity index is 718. The fourth-order valence-corrected chi connectivity index (χ4v) is 2.25. The van der Waals surface area contributed by atoms with Crippen molar-refractivity contribution in [1.29, 1.82) is 5.26 Å². The highest BCUT2D eigenvalue weighted by Gasteiger charge is 2.15. The maximum absolute atomic E-state index is 9.01. The topological polar surface area (TPSA) is 79.7 Å². The van der Waals surface area contributed by atoms with E-state index in [1.165, 1.54) is 0 Å². The summed E-state index contributed by atoms with van der Waals surface area (Å²) in [6.07, 6.45) is 5.61. The van der Waals surface area contributed by atoms with Gasteiger partial charge in [0.15, 0.2) is 0 Å². The molecule has 0 aliphatic carbocycles. The maximum atomic E-state index is 9.01. The van der Waals surface area contributed by atoms with Crippen LogP contribution in [-0.4, -0.2) is 9.55 Å². The predicted octanol–water partition coefficient (Wildman–Crippen LogP) is 1.84. The van der Waals surface area contributed by atoms with Crippen LogP contribution in [0.15, 0.2) is 24.5 Å². The van der Waals surface area contributed by atoms with Gasteiger partial charge in [-0.05, 0) is 24.6 Å². The first-order chi connectivity index (χ1) is 9.22. The summed E-state index contributed by atoms with van der Waals surface area (Å²) >= 11 is 0. The Morgan fingerprint density at radius 2 is 2.32 bits per heavy atom. The summed E-state index contributed by atoms with van der Waals surface area (Å²) in [6, 6.07) is 5.82. The lowest BCUT2D eigenvalue weighted by atomic mass is 10.0. The van der Waals surface area contributed by atoms with Crippen LogP contribution in [-0.2, 0) is 6.54 Å². The standard InChI is InChI=1S/C14H13N5/c1-9-10(6-15)2-3-11(14(9)16)12-7-18-13-8-17-4-5-19(12)13/h2-5,7,17H,8,16H2,1H3. The van der Waals surface area contributed by atoms with Gasteiger partial charge in [-0.25, -0.2) is 4.98 Å². The van der Waals surface area contributed by atoms with Crippen molar-refractivity contribution in [1.82, 2.24) is 14.9 Å². The fraction of sp³-hybridized carbons (Fsp3) is 0.143. The van der Waals surface area contributed by atoms with Gasteiger partial charge in [0.25, 0.3) is 0 Å². The largest absolute Gasteiger partial charge is 0.398 e. The average molecular weight is 251 g/mol. The van der Waals surface area contributed by atoms with Crippen LogP contribution in [0.2, 0.25) is 0 Å². The third kappa shape index (κ3) is 1.66. The molecule has 0 fully saturated rings. The molecule has 1 aliphatic heterocycles. The number of anilines is 1. The summed E-state index contributed by atoms with van der Waals surface area (Å²) in [5.41, 5.74) is 10.1. The van der Waals surface area contributed by atoms with E-state index in [2.05, 4.69) is 16.4 Å². The summed E-state index contributed by atoms with van der Waals surface area (Å²) in [6.45, 7) is 2.56. The lowest BCUT2D eigenvalue weighted by Crippen LogP contribution is -2.15. The molecule has 3 N–H and O–H groups in total. The summed E-state index contributed by atoms with van der Waals surface area (Å²) < 4.78 is 2.01. The Hall–Kier alpha value is -2.74. The molecule has 0 bridgehead atoms. The molecule has 0 saturated heterocycles.